The minimum atomic E-state index is -0.818. The van der Waals surface area contributed by atoms with Crippen LogP contribution in [0.2, 0.25) is 5.02 Å². The maximum atomic E-state index is 12.7. The van der Waals surface area contributed by atoms with Crippen molar-refractivity contribution in [2.45, 2.75) is 39.2 Å². The SMILES string of the molecule is CC1CCN(C(=O)C2(C(=O)NCc3ccccc3Cl)CC2)CC1. The largest absolute Gasteiger partial charge is 0.351 e. The van der Waals surface area contributed by atoms with Crippen molar-refractivity contribution in [3.63, 3.8) is 0 Å². The van der Waals surface area contributed by atoms with Gasteiger partial charge in [0, 0.05) is 24.7 Å². The minimum absolute atomic E-state index is 0.0149. The Kier molecular flexibility index (Phi) is 4.62. The quantitative estimate of drug-likeness (QED) is 0.860. The van der Waals surface area contributed by atoms with Crippen molar-refractivity contribution in [2.24, 2.45) is 11.3 Å². The molecule has 5 heteroatoms. The van der Waals surface area contributed by atoms with E-state index in [0.29, 0.717) is 30.3 Å². The van der Waals surface area contributed by atoms with Gasteiger partial charge in [0.05, 0.1) is 0 Å². The third-order valence-electron chi connectivity index (χ3n) is 5.06. The predicted molar refractivity (Wildman–Crippen MR) is 89.9 cm³/mol. The lowest BCUT2D eigenvalue weighted by Gasteiger charge is -2.32. The van der Waals surface area contributed by atoms with Gasteiger partial charge in [-0.2, -0.15) is 0 Å². The molecule has 1 N–H and O–H groups in total. The molecule has 23 heavy (non-hydrogen) atoms. The van der Waals surface area contributed by atoms with Crippen LogP contribution >= 0.6 is 11.6 Å². The van der Waals surface area contributed by atoms with E-state index in [2.05, 4.69) is 12.2 Å². The van der Waals surface area contributed by atoms with Crippen molar-refractivity contribution in [1.29, 1.82) is 0 Å². The van der Waals surface area contributed by atoms with Gasteiger partial charge in [-0.3, -0.25) is 9.59 Å². The first-order valence-electron chi connectivity index (χ1n) is 8.34. The molecule has 124 valence electrons. The molecule has 2 aliphatic rings. The van der Waals surface area contributed by atoms with E-state index in [9.17, 15) is 9.59 Å². The summed E-state index contributed by atoms with van der Waals surface area (Å²) in [6, 6.07) is 7.43. The summed E-state index contributed by atoms with van der Waals surface area (Å²) in [7, 11) is 0. The Labute approximate surface area is 142 Å². The third kappa shape index (κ3) is 3.37. The third-order valence-corrected chi connectivity index (χ3v) is 5.43. The molecular weight excluding hydrogens is 312 g/mol. The Hall–Kier alpha value is -1.55. The van der Waals surface area contributed by atoms with Crippen LogP contribution in [0.3, 0.4) is 0 Å². The fourth-order valence-electron chi connectivity index (χ4n) is 3.16. The molecule has 3 rings (SSSR count). The van der Waals surface area contributed by atoms with Gasteiger partial charge in [-0.15, -0.1) is 0 Å². The normalized spacial score (nSPS) is 20.2. The molecule has 1 aromatic carbocycles. The average molecular weight is 335 g/mol. The summed E-state index contributed by atoms with van der Waals surface area (Å²) in [6.45, 7) is 4.13. The lowest BCUT2D eigenvalue weighted by Crippen LogP contribution is -2.47. The van der Waals surface area contributed by atoms with E-state index >= 15 is 0 Å². The number of carbonyl (C=O) groups excluding carboxylic acids is 2. The summed E-state index contributed by atoms with van der Waals surface area (Å²) < 4.78 is 0. The number of rotatable bonds is 4. The van der Waals surface area contributed by atoms with E-state index in [1.54, 1.807) is 6.07 Å². The second kappa shape index (κ2) is 6.52. The van der Waals surface area contributed by atoms with Crippen LogP contribution < -0.4 is 5.32 Å². The molecule has 1 aliphatic carbocycles. The molecule has 0 spiro atoms. The van der Waals surface area contributed by atoms with E-state index in [-0.39, 0.29) is 11.8 Å². The van der Waals surface area contributed by atoms with Crippen LogP contribution in [0, 0.1) is 11.3 Å². The molecule has 1 heterocycles. The first-order valence-corrected chi connectivity index (χ1v) is 8.72. The first kappa shape index (κ1) is 16.3. The molecule has 4 nitrogen and oxygen atoms in total. The van der Waals surface area contributed by atoms with Gasteiger partial charge < -0.3 is 10.2 Å². The van der Waals surface area contributed by atoms with Crippen LogP contribution in [0.1, 0.15) is 38.2 Å². The van der Waals surface area contributed by atoms with Crippen LogP contribution in [0.25, 0.3) is 0 Å². The topological polar surface area (TPSA) is 49.4 Å². The van der Waals surface area contributed by atoms with Crippen LogP contribution in [0.5, 0.6) is 0 Å². The zero-order chi connectivity index (χ0) is 16.4. The minimum Gasteiger partial charge on any atom is -0.351 e. The van der Waals surface area contributed by atoms with Gasteiger partial charge in [0.2, 0.25) is 11.8 Å². The Morgan fingerprint density at radius 1 is 1.26 bits per heavy atom. The van der Waals surface area contributed by atoms with Gasteiger partial charge in [-0.1, -0.05) is 36.7 Å². The van der Waals surface area contributed by atoms with Crippen molar-refractivity contribution < 1.29 is 9.59 Å². The summed E-state index contributed by atoms with van der Waals surface area (Å²) in [5.74, 6) is 0.533. The highest BCUT2D eigenvalue weighted by atomic mass is 35.5. The lowest BCUT2D eigenvalue weighted by molar-refractivity contribution is -0.145. The number of nitrogens with zero attached hydrogens (tertiary/aromatic N) is 1. The van der Waals surface area contributed by atoms with E-state index in [1.807, 2.05) is 23.1 Å². The number of nitrogens with one attached hydrogen (secondary N) is 1. The van der Waals surface area contributed by atoms with Crippen LogP contribution in [-0.2, 0) is 16.1 Å². The van der Waals surface area contributed by atoms with Crippen LogP contribution in [-0.4, -0.2) is 29.8 Å². The number of halogens is 1. The predicted octanol–water partition coefficient (Wildman–Crippen LogP) is 2.99. The van der Waals surface area contributed by atoms with E-state index < -0.39 is 5.41 Å². The number of amides is 2. The lowest BCUT2D eigenvalue weighted by atomic mass is 9.96. The first-order chi connectivity index (χ1) is 11.0. The molecule has 0 atom stereocenters. The fourth-order valence-corrected chi connectivity index (χ4v) is 3.37. The van der Waals surface area contributed by atoms with Crippen molar-refractivity contribution in [3.05, 3.63) is 34.9 Å². The Balaban J connectivity index is 1.60. The van der Waals surface area contributed by atoms with Crippen LogP contribution in [0.15, 0.2) is 24.3 Å². The number of piperidine rings is 1. The molecule has 0 bridgehead atoms. The molecule has 1 aliphatic heterocycles. The highest BCUT2D eigenvalue weighted by molar-refractivity contribution is 6.31. The zero-order valence-electron chi connectivity index (χ0n) is 13.5. The van der Waals surface area contributed by atoms with Gasteiger partial charge in [-0.25, -0.2) is 0 Å². The zero-order valence-corrected chi connectivity index (χ0v) is 14.2. The monoisotopic (exact) mass is 334 g/mol. The molecule has 0 unspecified atom stereocenters. The molecule has 1 saturated heterocycles. The average Bonchev–Trinajstić information content (AvgIpc) is 3.36. The molecule has 0 radical (unpaired) electrons. The summed E-state index contributed by atoms with van der Waals surface area (Å²) in [6.07, 6.45) is 3.38. The van der Waals surface area contributed by atoms with Gasteiger partial charge in [0.25, 0.3) is 0 Å². The summed E-state index contributed by atoms with van der Waals surface area (Å²) in [5, 5.41) is 3.53. The van der Waals surface area contributed by atoms with Gasteiger partial charge >= 0.3 is 0 Å². The highest BCUT2D eigenvalue weighted by Crippen LogP contribution is 2.48. The number of carbonyl (C=O) groups is 2. The summed E-state index contributed by atoms with van der Waals surface area (Å²) in [4.78, 5) is 27.2. The highest BCUT2D eigenvalue weighted by Gasteiger charge is 2.57. The van der Waals surface area contributed by atoms with E-state index in [1.165, 1.54) is 0 Å². The maximum absolute atomic E-state index is 12.7. The smallest absolute Gasteiger partial charge is 0.238 e. The molecule has 1 aromatic rings. The van der Waals surface area contributed by atoms with Gasteiger partial charge in [0.15, 0.2) is 0 Å². The molecule has 2 fully saturated rings. The fraction of sp³-hybridized carbons (Fsp3) is 0.556. The number of likely N-dealkylation sites (tertiary alicyclic amines) is 1. The van der Waals surface area contributed by atoms with Gasteiger partial charge in [-0.05, 0) is 43.2 Å². The summed E-state index contributed by atoms with van der Waals surface area (Å²) in [5.41, 5.74) is 0.0551. The number of hydrogen-bond donors (Lipinski definition) is 1. The molecule has 2 amide bonds. The van der Waals surface area contributed by atoms with Crippen molar-refractivity contribution in [1.82, 2.24) is 10.2 Å². The molecular formula is C18H23ClN2O2. The summed E-state index contributed by atoms with van der Waals surface area (Å²) >= 11 is 6.11. The van der Waals surface area contributed by atoms with Crippen LogP contribution in [0.4, 0.5) is 0 Å². The molecule has 1 saturated carbocycles. The molecule has 0 aromatic heterocycles. The van der Waals surface area contributed by atoms with Crippen molar-refractivity contribution in [2.75, 3.05) is 13.1 Å². The second-order valence-electron chi connectivity index (χ2n) is 6.83. The van der Waals surface area contributed by atoms with Crippen molar-refractivity contribution >= 4 is 23.4 Å². The Bertz CT molecular complexity index is 605. The van der Waals surface area contributed by atoms with E-state index in [4.69, 9.17) is 11.6 Å². The van der Waals surface area contributed by atoms with E-state index in [0.717, 1.165) is 31.5 Å². The Morgan fingerprint density at radius 2 is 1.91 bits per heavy atom. The Morgan fingerprint density at radius 3 is 2.52 bits per heavy atom. The number of hydrogen-bond acceptors (Lipinski definition) is 2. The maximum Gasteiger partial charge on any atom is 0.238 e. The van der Waals surface area contributed by atoms with Crippen molar-refractivity contribution in [3.8, 4) is 0 Å². The standard InChI is InChI=1S/C18H23ClN2O2/c1-13-6-10-21(11-7-13)17(23)18(8-9-18)16(22)20-12-14-4-2-3-5-15(14)19/h2-5,13H,6-12H2,1H3,(H,20,22). The second-order valence-corrected chi connectivity index (χ2v) is 7.24. The van der Waals surface area contributed by atoms with Gasteiger partial charge in [0.1, 0.15) is 5.41 Å². The number of benzene rings is 1.